The van der Waals surface area contributed by atoms with Crippen LogP contribution in [0.2, 0.25) is 5.02 Å². The molecule has 2 aromatic heterocycles. The van der Waals surface area contributed by atoms with Crippen molar-refractivity contribution >= 4 is 35.0 Å². The smallest absolute Gasteiger partial charge is 0.234 e. The second-order valence-corrected chi connectivity index (χ2v) is 8.02. The SMILES string of the molecule is Cc1ccc(NC(=O)CSc2nnc(-c3ccoc3C)n2-c2ccccc2)cc1Cl. The number of halogens is 1. The first-order valence-corrected chi connectivity index (χ1v) is 10.6. The molecule has 0 aliphatic rings. The molecule has 4 rings (SSSR count). The molecule has 0 atom stereocenters. The molecule has 152 valence electrons. The van der Waals surface area contributed by atoms with Gasteiger partial charge in [-0.2, -0.15) is 0 Å². The Kier molecular flexibility index (Phi) is 5.92. The third kappa shape index (κ3) is 4.27. The van der Waals surface area contributed by atoms with Gasteiger partial charge in [-0.15, -0.1) is 10.2 Å². The van der Waals surface area contributed by atoms with E-state index in [9.17, 15) is 4.79 Å². The number of aryl methyl sites for hydroxylation is 2. The zero-order chi connectivity index (χ0) is 21.1. The van der Waals surface area contributed by atoms with E-state index in [1.807, 2.05) is 66.9 Å². The maximum Gasteiger partial charge on any atom is 0.234 e. The van der Waals surface area contributed by atoms with E-state index >= 15 is 0 Å². The Morgan fingerprint density at radius 1 is 1.13 bits per heavy atom. The number of amides is 1. The van der Waals surface area contributed by atoms with Crippen molar-refractivity contribution in [1.29, 1.82) is 0 Å². The van der Waals surface area contributed by atoms with E-state index in [4.69, 9.17) is 16.0 Å². The lowest BCUT2D eigenvalue weighted by molar-refractivity contribution is -0.113. The van der Waals surface area contributed by atoms with Crippen molar-refractivity contribution in [1.82, 2.24) is 14.8 Å². The summed E-state index contributed by atoms with van der Waals surface area (Å²) in [6, 6.07) is 17.1. The molecule has 4 aromatic rings. The highest BCUT2D eigenvalue weighted by Crippen LogP contribution is 2.30. The Morgan fingerprint density at radius 2 is 1.93 bits per heavy atom. The molecule has 0 saturated carbocycles. The number of benzene rings is 2. The van der Waals surface area contributed by atoms with Crippen molar-refractivity contribution in [3.63, 3.8) is 0 Å². The van der Waals surface area contributed by atoms with E-state index in [0.717, 1.165) is 22.6 Å². The number of para-hydroxylation sites is 1. The summed E-state index contributed by atoms with van der Waals surface area (Å²) in [6.45, 7) is 3.80. The van der Waals surface area contributed by atoms with Crippen molar-refractivity contribution in [2.75, 3.05) is 11.1 Å². The highest BCUT2D eigenvalue weighted by molar-refractivity contribution is 7.99. The van der Waals surface area contributed by atoms with Gasteiger partial charge in [0.15, 0.2) is 11.0 Å². The molecule has 1 amide bonds. The summed E-state index contributed by atoms with van der Waals surface area (Å²) in [6.07, 6.45) is 1.63. The fourth-order valence-electron chi connectivity index (χ4n) is 2.96. The minimum absolute atomic E-state index is 0.149. The predicted octanol–water partition coefficient (Wildman–Crippen LogP) is 5.53. The first-order chi connectivity index (χ1) is 14.5. The number of aromatic nitrogens is 3. The summed E-state index contributed by atoms with van der Waals surface area (Å²) >= 11 is 7.45. The van der Waals surface area contributed by atoms with Gasteiger partial charge in [0.1, 0.15) is 5.76 Å². The first-order valence-electron chi connectivity index (χ1n) is 9.27. The predicted molar refractivity (Wildman–Crippen MR) is 119 cm³/mol. The molecule has 0 bridgehead atoms. The summed E-state index contributed by atoms with van der Waals surface area (Å²) < 4.78 is 7.37. The number of thioether (sulfide) groups is 1. The highest BCUT2D eigenvalue weighted by atomic mass is 35.5. The summed E-state index contributed by atoms with van der Waals surface area (Å²) in [5.41, 5.74) is 3.39. The number of nitrogens with one attached hydrogen (secondary N) is 1. The van der Waals surface area contributed by atoms with Crippen molar-refractivity contribution in [3.05, 3.63) is 77.2 Å². The number of carbonyl (C=O) groups excluding carboxylic acids is 1. The average molecular weight is 439 g/mol. The minimum Gasteiger partial charge on any atom is -0.469 e. The normalized spacial score (nSPS) is 10.9. The van der Waals surface area contributed by atoms with Crippen molar-refractivity contribution in [3.8, 4) is 17.1 Å². The van der Waals surface area contributed by atoms with Crippen molar-refractivity contribution in [2.24, 2.45) is 0 Å². The monoisotopic (exact) mass is 438 g/mol. The van der Waals surface area contributed by atoms with Gasteiger partial charge >= 0.3 is 0 Å². The van der Waals surface area contributed by atoms with E-state index in [0.29, 0.717) is 21.7 Å². The summed E-state index contributed by atoms with van der Waals surface area (Å²) in [7, 11) is 0. The number of hydrogen-bond donors (Lipinski definition) is 1. The van der Waals surface area contributed by atoms with E-state index in [2.05, 4.69) is 15.5 Å². The van der Waals surface area contributed by atoms with Crippen LogP contribution in [0, 0.1) is 13.8 Å². The zero-order valence-corrected chi connectivity index (χ0v) is 18.0. The fraction of sp³-hybridized carbons (Fsp3) is 0.136. The molecule has 0 saturated heterocycles. The van der Waals surface area contributed by atoms with Gasteiger partial charge in [0, 0.05) is 16.4 Å². The van der Waals surface area contributed by atoms with Crippen LogP contribution in [0.1, 0.15) is 11.3 Å². The summed E-state index contributed by atoms with van der Waals surface area (Å²) in [4.78, 5) is 12.5. The van der Waals surface area contributed by atoms with Gasteiger partial charge in [-0.1, -0.05) is 47.6 Å². The van der Waals surface area contributed by atoms with Crippen LogP contribution >= 0.6 is 23.4 Å². The van der Waals surface area contributed by atoms with E-state index in [1.54, 1.807) is 12.3 Å². The van der Waals surface area contributed by atoms with Gasteiger partial charge in [0.2, 0.25) is 5.91 Å². The van der Waals surface area contributed by atoms with Gasteiger partial charge in [-0.25, -0.2) is 0 Å². The van der Waals surface area contributed by atoms with Gasteiger partial charge in [0.05, 0.1) is 17.6 Å². The molecule has 0 aliphatic carbocycles. The average Bonchev–Trinajstić information content (AvgIpc) is 3.35. The number of hydrogen-bond acceptors (Lipinski definition) is 5. The number of nitrogens with zero attached hydrogens (tertiary/aromatic N) is 3. The third-order valence-electron chi connectivity index (χ3n) is 4.54. The highest BCUT2D eigenvalue weighted by Gasteiger charge is 2.19. The van der Waals surface area contributed by atoms with Crippen LogP contribution in [-0.2, 0) is 4.79 Å². The number of carbonyl (C=O) groups is 1. The lowest BCUT2D eigenvalue weighted by atomic mass is 10.2. The van der Waals surface area contributed by atoms with Crippen LogP contribution < -0.4 is 5.32 Å². The molecule has 0 spiro atoms. The zero-order valence-electron chi connectivity index (χ0n) is 16.4. The van der Waals surface area contributed by atoms with Crippen LogP contribution in [0.5, 0.6) is 0 Å². The molecule has 0 radical (unpaired) electrons. The van der Waals surface area contributed by atoms with E-state index in [-0.39, 0.29) is 11.7 Å². The van der Waals surface area contributed by atoms with Crippen molar-refractivity contribution < 1.29 is 9.21 Å². The minimum atomic E-state index is -0.149. The Morgan fingerprint density at radius 3 is 2.63 bits per heavy atom. The lowest BCUT2D eigenvalue weighted by Gasteiger charge is -2.10. The molecule has 30 heavy (non-hydrogen) atoms. The van der Waals surface area contributed by atoms with Gasteiger partial charge < -0.3 is 9.73 Å². The Bertz CT molecular complexity index is 1190. The van der Waals surface area contributed by atoms with Crippen LogP contribution in [-0.4, -0.2) is 26.4 Å². The van der Waals surface area contributed by atoms with Crippen LogP contribution in [0.4, 0.5) is 5.69 Å². The quantitative estimate of drug-likeness (QED) is 0.401. The molecule has 2 aromatic carbocycles. The number of furan rings is 1. The topological polar surface area (TPSA) is 73.0 Å². The second kappa shape index (κ2) is 8.77. The van der Waals surface area contributed by atoms with E-state index < -0.39 is 0 Å². The van der Waals surface area contributed by atoms with Crippen LogP contribution in [0.25, 0.3) is 17.1 Å². The molecule has 0 unspecified atom stereocenters. The fourth-order valence-corrected chi connectivity index (χ4v) is 3.89. The maximum atomic E-state index is 12.5. The number of rotatable bonds is 6. The Hall–Kier alpha value is -3.03. The molecule has 0 aliphatic heterocycles. The molecule has 8 heteroatoms. The van der Waals surface area contributed by atoms with E-state index in [1.165, 1.54) is 11.8 Å². The Labute approximate surface area is 183 Å². The molecular formula is C22H19ClN4O2S. The van der Waals surface area contributed by atoms with Crippen LogP contribution in [0.15, 0.2) is 70.4 Å². The van der Waals surface area contributed by atoms with Gasteiger partial charge in [-0.05, 0) is 49.7 Å². The molecule has 1 N–H and O–H groups in total. The third-order valence-corrected chi connectivity index (χ3v) is 5.87. The molecule has 6 nitrogen and oxygen atoms in total. The molecule has 2 heterocycles. The van der Waals surface area contributed by atoms with Crippen LogP contribution in [0.3, 0.4) is 0 Å². The molecule has 0 fully saturated rings. The summed E-state index contributed by atoms with van der Waals surface area (Å²) in [5, 5.41) is 12.8. The largest absolute Gasteiger partial charge is 0.469 e. The van der Waals surface area contributed by atoms with Gasteiger partial charge in [-0.3, -0.25) is 9.36 Å². The Balaban J connectivity index is 1.57. The summed E-state index contributed by atoms with van der Waals surface area (Å²) in [5.74, 6) is 1.45. The number of anilines is 1. The first kappa shape index (κ1) is 20.3. The van der Waals surface area contributed by atoms with Crippen molar-refractivity contribution in [2.45, 2.75) is 19.0 Å². The standard InChI is InChI=1S/C22H19ClN4O2S/c1-14-8-9-16(12-19(14)23)24-20(28)13-30-22-26-25-21(18-10-11-29-15(18)2)27(22)17-6-4-3-5-7-17/h3-12H,13H2,1-2H3,(H,24,28). The maximum absolute atomic E-state index is 12.5. The second-order valence-electron chi connectivity index (χ2n) is 6.67. The molecular weight excluding hydrogens is 420 g/mol. The van der Waals surface area contributed by atoms with Gasteiger partial charge in [0.25, 0.3) is 0 Å². The lowest BCUT2D eigenvalue weighted by Crippen LogP contribution is -2.14.